The second kappa shape index (κ2) is 38.8. The smallest absolute Gasteiger partial charge is 0.234 e. The van der Waals surface area contributed by atoms with Crippen LogP contribution in [0.5, 0.6) is 0 Å². The fraction of sp³-hybridized carbons (Fsp3) is 0.778. The SMILES string of the molecule is C.C.C1CCC1.C1CCC1.C1CCC1.NC=NC=O.NC=NC=O.[Y]. The molecule has 3 fully saturated rings. The van der Waals surface area contributed by atoms with E-state index in [-0.39, 0.29) is 47.6 Å². The first-order valence-electron chi connectivity index (χ1n) is 8.17. The Kier molecular flexibility index (Phi) is 55.0. The fourth-order valence-electron chi connectivity index (χ4n) is 0.820. The molecule has 0 aromatic carbocycles. The van der Waals surface area contributed by atoms with E-state index in [1.165, 1.54) is 77.0 Å². The molecule has 25 heavy (non-hydrogen) atoms. The van der Waals surface area contributed by atoms with Crippen LogP contribution >= 0.6 is 0 Å². The first kappa shape index (κ1) is 35.5. The van der Waals surface area contributed by atoms with Crippen LogP contribution in [0.3, 0.4) is 0 Å². The predicted octanol–water partition coefficient (Wildman–Crippen LogP) is 4.21. The molecule has 0 heterocycles. The zero-order valence-electron chi connectivity index (χ0n) is 14.2. The van der Waals surface area contributed by atoms with Crippen LogP contribution in [-0.4, -0.2) is 25.5 Å². The zero-order valence-corrected chi connectivity index (χ0v) is 17.1. The summed E-state index contributed by atoms with van der Waals surface area (Å²) in [4.78, 5) is 24.1. The summed E-state index contributed by atoms with van der Waals surface area (Å²) in [5.74, 6) is 0. The maximum atomic E-state index is 9.13. The van der Waals surface area contributed by atoms with Crippen molar-refractivity contribution in [1.82, 2.24) is 0 Å². The molecule has 3 aliphatic rings. The Bertz CT molecular complexity index is 229. The van der Waals surface area contributed by atoms with Crippen molar-refractivity contribution in [3.05, 3.63) is 0 Å². The predicted molar refractivity (Wildman–Crippen MR) is 106 cm³/mol. The van der Waals surface area contributed by atoms with Crippen LogP contribution in [0.1, 0.15) is 91.9 Å². The second-order valence-corrected chi connectivity index (χ2v) is 5.05. The van der Waals surface area contributed by atoms with Crippen molar-refractivity contribution < 1.29 is 42.3 Å². The topological polar surface area (TPSA) is 111 Å². The molecule has 0 aliphatic heterocycles. The largest absolute Gasteiger partial charge is 0.390 e. The van der Waals surface area contributed by atoms with Gasteiger partial charge in [0.15, 0.2) is 0 Å². The van der Waals surface area contributed by atoms with E-state index in [9.17, 15) is 0 Å². The number of amides is 2. The van der Waals surface area contributed by atoms with E-state index >= 15 is 0 Å². The molecule has 0 unspecified atom stereocenters. The fourth-order valence-corrected chi connectivity index (χ4v) is 0.820. The molecule has 0 saturated heterocycles. The minimum Gasteiger partial charge on any atom is -0.390 e. The summed E-state index contributed by atoms with van der Waals surface area (Å²) < 4.78 is 0. The summed E-state index contributed by atoms with van der Waals surface area (Å²) in [6, 6.07) is 0. The van der Waals surface area contributed by atoms with Crippen LogP contribution in [0.25, 0.3) is 0 Å². The molecule has 1 radical (unpaired) electrons. The van der Waals surface area contributed by atoms with Gasteiger partial charge in [-0.1, -0.05) is 91.9 Å². The van der Waals surface area contributed by atoms with Crippen LogP contribution in [0.15, 0.2) is 9.98 Å². The van der Waals surface area contributed by atoms with E-state index in [0.29, 0.717) is 12.8 Å². The molecule has 0 bridgehead atoms. The van der Waals surface area contributed by atoms with Gasteiger partial charge in [0.1, 0.15) is 0 Å². The molecule has 0 atom stereocenters. The molecule has 3 aliphatic carbocycles. The maximum Gasteiger partial charge on any atom is 0.234 e. The molecular formula is C18H40N4O2Y. The Balaban J connectivity index is -0.0000000648. The molecule has 0 spiro atoms. The Morgan fingerprint density at radius 2 is 0.680 bits per heavy atom. The molecule has 6 nitrogen and oxygen atoms in total. The van der Waals surface area contributed by atoms with E-state index in [1.54, 1.807) is 0 Å². The van der Waals surface area contributed by atoms with E-state index < -0.39 is 0 Å². The number of carbonyl (C=O) groups excluding carboxylic acids is 2. The normalized spacial score (nSPS) is 15.0. The van der Waals surface area contributed by atoms with Crippen LogP contribution in [0.4, 0.5) is 0 Å². The number of hydrogen-bond acceptors (Lipinski definition) is 2. The number of nitrogens with zero attached hydrogens (tertiary/aromatic N) is 2. The van der Waals surface area contributed by atoms with Crippen LogP contribution < -0.4 is 11.5 Å². The number of hydrogen-bond donors (Lipinski definition) is 2. The Morgan fingerprint density at radius 1 is 0.520 bits per heavy atom. The van der Waals surface area contributed by atoms with Crippen molar-refractivity contribution >= 4 is 25.5 Å². The molecule has 147 valence electrons. The van der Waals surface area contributed by atoms with Gasteiger partial charge in [-0.05, 0) is 0 Å². The van der Waals surface area contributed by atoms with Crippen molar-refractivity contribution in [2.75, 3.05) is 0 Å². The Hall–Kier alpha value is -0.616. The molecule has 2 amide bonds. The zero-order chi connectivity index (χ0) is 16.7. The van der Waals surface area contributed by atoms with Crippen molar-refractivity contribution in [2.24, 2.45) is 21.5 Å². The number of carbonyl (C=O) groups is 2. The third-order valence-electron chi connectivity index (χ3n) is 3.29. The van der Waals surface area contributed by atoms with Gasteiger partial charge >= 0.3 is 0 Å². The summed E-state index contributed by atoms with van der Waals surface area (Å²) in [6.07, 6.45) is 20.6. The number of rotatable bonds is 2. The van der Waals surface area contributed by atoms with Crippen molar-refractivity contribution in [2.45, 2.75) is 91.9 Å². The van der Waals surface area contributed by atoms with Gasteiger partial charge < -0.3 is 11.5 Å². The van der Waals surface area contributed by atoms with E-state index in [2.05, 4.69) is 21.5 Å². The van der Waals surface area contributed by atoms with Gasteiger partial charge in [0, 0.05) is 32.7 Å². The monoisotopic (exact) mass is 433 g/mol. The van der Waals surface area contributed by atoms with E-state index in [1.807, 2.05) is 0 Å². The van der Waals surface area contributed by atoms with Crippen LogP contribution in [0.2, 0.25) is 0 Å². The summed E-state index contributed by atoms with van der Waals surface area (Å²) in [6.45, 7) is 0. The van der Waals surface area contributed by atoms with Crippen LogP contribution in [0, 0.1) is 0 Å². The summed E-state index contributed by atoms with van der Waals surface area (Å²) in [5, 5.41) is 0. The van der Waals surface area contributed by atoms with Gasteiger partial charge in [-0.3, -0.25) is 9.59 Å². The first-order chi connectivity index (χ1) is 10.8. The average Bonchev–Trinajstić information content (AvgIpc) is 2.25. The van der Waals surface area contributed by atoms with Gasteiger partial charge in [-0.25, -0.2) is 9.98 Å². The van der Waals surface area contributed by atoms with Gasteiger partial charge in [0.05, 0.1) is 12.7 Å². The summed E-state index contributed by atoms with van der Waals surface area (Å²) in [5.41, 5.74) is 9.23. The summed E-state index contributed by atoms with van der Waals surface area (Å²) in [7, 11) is 0. The Morgan fingerprint density at radius 3 is 0.680 bits per heavy atom. The molecule has 0 aromatic rings. The van der Waals surface area contributed by atoms with Gasteiger partial charge in [0.25, 0.3) is 0 Å². The van der Waals surface area contributed by atoms with Gasteiger partial charge in [-0.15, -0.1) is 0 Å². The first-order valence-corrected chi connectivity index (χ1v) is 8.17. The van der Waals surface area contributed by atoms with Crippen molar-refractivity contribution in [3.63, 3.8) is 0 Å². The average molecular weight is 433 g/mol. The number of nitrogens with two attached hydrogens (primary N) is 2. The molecule has 7 heteroatoms. The van der Waals surface area contributed by atoms with Gasteiger partial charge in [-0.2, -0.15) is 0 Å². The van der Waals surface area contributed by atoms with Crippen LogP contribution in [-0.2, 0) is 42.3 Å². The van der Waals surface area contributed by atoms with E-state index in [0.717, 1.165) is 12.7 Å². The standard InChI is InChI=1S/3C4H8.2C2H4N2O.2CH4.Y/c3*1-2-4-3-1;2*3-1-4-2-5;;;/h3*1-4H2;2*1-2H,(H2,3,4,5);2*1H4;. The third-order valence-corrected chi connectivity index (χ3v) is 3.29. The van der Waals surface area contributed by atoms with Gasteiger partial charge in [0.2, 0.25) is 12.8 Å². The summed E-state index contributed by atoms with van der Waals surface area (Å²) >= 11 is 0. The van der Waals surface area contributed by atoms with Crippen molar-refractivity contribution in [1.29, 1.82) is 0 Å². The Labute approximate surface area is 180 Å². The second-order valence-electron chi connectivity index (χ2n) is 5.05. The van der Waals surface area contributed by atoms with Crippen molar-refractivity contribution in [3.8, 4) is 0 Å². The molecule has 0 aromatic heterocycles. The molecule has 3 saturated carbocycles. The molecule has 4 N–H and O–H groups in total. The molecular weight excluding hydrogens is 393 g/mol. The van der Waals surface area contributed by atoms with E-state index in [4.69, 9.17) is 9.59 Å². The molecule has 3 rings (SSSR count). The number of aliphatic imine (C=N–C) groups is 2. The minimum atomic E-state index is 0. The maximum absolute atomic E-state index is 9.13. The minimum absolute atomic E-state index is 0. The third kappa shape index (κ3) is 45.2. The quantitative estimate of drug-likeness (QED) is 0.386.